The third-order valence-corrected chi connectivity index (χ3v) is 5.25. The fourth-order valence-corrected chi connectivity index (χ4v) is 3.67. The molecule has 1 N–H and O–H groups in total. The minimum atomic E-state index is 0.362. The van der Waals surface area contributed by atoms with Gasteiger partial charge in [-0.15, -0.1) is 11.3 Å². The average molecular weight is 353 g/mol. The summed E-state index contributed by atoms with van der Waals surface area (Å²) in [5.41, 5.74) is 4.55. The number of benzene rings is 1. The molecule has 0 amide bonds. The van der Waals surface area contributed by atoms with E-state index in [9.17, 15) is 0 Å². The van der Waals surface area contributed by atoms with E-state index in [4.69, 9.17) is 4.74 Å². The first-order valence-corrected chi connectivity index (χ1v) is 9.41. The summed E-state index contributed by atoms with van der Waals surface area (Å²) in [4.78, 5) is 5.67. The summed E-state index contributed by atoms with van der Waals surface area (Å²) in [7, 11) is 0. The number of hydrogen-bond acceptors (Lipinski definition) is 4. The van der Waals surface area contributed by atoms with Crippen LogP contribution in [0.4, 0.5) is 0 Å². The highest BCUT2D eigenvalue weighted by atomic mass is 32.1. The van der Waals surface area contributed by atoms with Crippen LogP contribution < -0.4 is 10.1 Å². The molecule has 0 spiro atoms. The number of pyridine rings is 1. The van der Waals surface area contributed by atoms with Gasteiger partial charge < -0.3 is 10.1 Å². The molecule has 4 heteroatoms. The van der Waals surface area contributed by atoms with E-state index in [1.807, 2.05) is 18.2 Å². The Balaban J connectivity index is 1.63. The van der Waals surface area contributed by atoms with Gasteiger partial charge in [-0.1, -0.05) is 24.3 Å². The highest BCUT2D eigenvalue weighted by Crippen LogP contribution is 2.26. The fourth-order valence-electron chi connectivity index (χ4n) is 2.91. The number of aromatic nitrogens is 1. The lowest BCUT2D eigenvalue weighted by Gasteiger charge is -2.16. The Bertz CT molecular complexity index is 777. The summed E-state index contributed by atoms with van der Waals surface area (Å²) < 4.78 is 6.01. The molecule has 0 bridgehead atoms. The minimum Gasteiger partial charge on any atom is -0.487 e. The molecule has 0 aliphatic heterocycles. The molecular formula is C21H24N2OS. The zero-order valence-corrected chi connectivity index (χ0v) is 15.8. The number of thiophene rings is 1. The third-order valence-electron chi connectivity index (χ3n) is 4.19. The van der Waals surface area contributed by atoms with Crippen molar-refractivity contribution in [3.63, 3.8) is 0 Å². The van der Waals surface area contributed by atoms with Gasteiger partial charge in [0.1, 0.15) is 12.4 Å². The molecule has 0 saturated carbocycles. The molecule has 0 radical (unpaired) electrons. The molecule has 0 fully saturated rings. The van der Waals surface area contributed by atoms with E-state index in [2.05, 4.69) is 60.7 Å². The lowest BCUT2D eigenvalue weighted by molar-refractivity contribution is 0.297. The van der Waals surface area contributed by atoms with Gasteiger partial charge in [-0.25, -0.2) is 0 Å². The van der Waals surface area contributed by atoms with E-state index in [0.717, 1.165) is 29.1 Å². The molecule has 1 aromatic carbocycles. The average Bonchev–Trinajstić information content (AvgIpc) is 3.14. The van der Waals surface area contributed by atoms with Gasteiger partial charge >= 0.3 is 0 Å². The summed E-state index contributed by atoms with van der Waals surface area (Å²) in [5.74, 6) is 0.959. The maximum atomic E-state index is 6.01. The molecule has 2 aromatic heterocycles. The highest BCUT2D eigenvalue weighted by molar-refractivity contribution is 7.10. The molecule has 0 aliphatic carbocycles. The first-order chi connectivity index (χ1) is 12.1. The second-order valence-electron chi connectivity index (χ2n) is 6.29. The van der Waals surface area contributed by atoms with Gasteiger partial charge in [0.25, 0.3) is 0 Å². The molecule has 1 atom stereocenters. The standard InChI is InChI=1S/C21H24N2OS/c1-15-11-18(13-23-17(3)20-8-6-10-25-20)12-16(2)21(15)24-14-19-7-4-5-9-22-19/h4-12,17,23H,13-14H2,1-3H3. The van der Waals surface area contributed by atoms with Crippen LogP contribution >= 0.6 is 11.3 Å². The Morgan fingerprint density at radius 1 is 1.12 bits per heavy atom. The molecule has 3 rings (SSSR count). The molecule has 0 saturated heterocycles. The lowest BCUT2D eigenvalue weighted by Crippen LogP contribution is -2.17. The van der Waals surface area contributed by atoms with Crippen molar-refractivity contribution in [2.45, 2.75) is 40.0 Å². The van der Waals surface area contributed by atoms with Crippen LogP contribution in [0, 0.1) is 13.8 Å². The first kappa shape index (κ1) is 17.6. The van der Waals surface area contributed by atoms with E-state index in [1.54, 1.807) is 17.5 Å². The van der Waals surface area contributed by atoms with Crippen molar-refractivity contribution in [3.8, 4) is 5.75 Å². The summed E-state index contributed by atoms with van der Waals surface area (Å²) in [5, 5.41) is 5.71. The molecule has 2 heterocycles. The maximum Gasteiger partial charge on any atom is 0.130 e. The van der Waals surface area contributed by atoms with E-state index >= 15 is 0 Å². The lowest BCUT2D eigenvalue weighted by atomic mass is 10.1. The number of aryl methyl sites for hydroxylation is 2. The first-order valence-electron chi connectivity index (χ1n) is 8.53. The van der Waals surface area contributed by atoms with Crippen LogP contribution in [0.5, 0.6) is 5.75 Å². The predicted octanol–water partition coefficient (Wildman–Crippen LogP) is 5.19. The van der Waals surface area contributed by atoms with E-state index < -0.39 is 0 Å². The van der Waals surface area contributed by atoms with Gasteiger partial charge in [0.05, 0.1) is 5.69 Å². The quantitative estimate of drug-likeness (QED) is 0.635. The van der Waals surface area contributed by atoms with E-state index in [0.29, 0.717) is 12.6 Å². The van der Waals surface area contributed by atoms with Gasteiger partial charge in [0.2, 0.25) is 0 Å². The van der Waals surface area contributed by atoms with Gasteiger partial charge in [-0.2, -0.15) is 0 Å². The number of nitrogens with one attached hydrogen (secondary N) is 1. The predicted molar refractivity (Wildman–Crippen MR) is 104 cm³/mol. The van der Waals surface area contributed by atoms with Crippen LogP contribution in [0.1, 0.15) is 40.2 Å². The van der Waals surface area contributed by atoms with Crippen molar-refractivity contribution in [2.24, 2.45) is 0 Å². The van der Waals surface area contributed by atoms with Gasteiger partial charge in [-0.3, -0.25) is 4.98 Å². The maximum absolute atomic E-state index is 6.01. The van der Waals surface area contributed by atoms with Gasteiger partial charge in [-0.05, 0) is 61.0 Å². The molecule has 0 aliphatic rings. The normalized spacial score (nSPS) is 12.1. The Kier molecular flexibility index (Phi) is 5.84. The van der Waals surface area contributed by atoms with Crippen LogP contribution in [-0.4, -0.2) is 4.98 Å². The van der Waals surface area contributed by atoms with E-state index in [-0.39, 0.29) is 0 Å². The number of nitrogens with zero attached hydrogens (tertiary/aromatic N) is 1. The van der Waals surface area contributed by atoms with Crippen molar-refractivity contribution in [1.29, 1.82) is 0 Å². The fraction of sp³-hybridized carbons (Fsp3) is 0.286. The summed E-state index contributed by atoms with van der Waals surface area (Å²) in [6, 6.07) is 14.9. The van der Waals surface area contributed by atoms with Crippen molar-refractivity contribution in [1.82, 2.24) is 10.3 Å². The number of hydrogen-bond donors (Lipinski definition) is 1. The topological polar surface area (TPSA) is 34.1 Å². The molecule has 130 valence electrons. The SMILES string of the molecule is Cc1cc(CNC(C)c2cccs2)cc(C)c1OCc1ccccn1. The Labute approximate surface area is 153 Å². The van der Waals surface area contributed by atoms with Crippen molar-refractivity contribution in [2.75, 3.05) is 0 Å². The molecule has 1 unspecified atom stereocenters. The summed E-state index contributed by atoms with van der Waals surface area (Å²) in [6.45, 7) is 7.76. The molecule has 3 nitrogen and oxygen atoms in total. The molecule has 3 aromatic rings. The van der Waals surface area contributed by atoms with Crippen molar-refractivity contribution >= 4 is 11.3 Å². The number of rotatable bonds is 7. The minimum absolute atomic E-state index is 0.362. The number of ether oxygens (including phenoxy) is 1. The second-order valence-corrected chi connectivity index (χ2v) is 7.27. The van der Waals surface area contributed by atoms with Crippen molar-refractivity contribution in [3.05, 3.63) is 81.3 Å². The smallest absolute Gasteiger partial charge is 0.130 e. The van der Waals surface area contributed by atoms with Crippen LogP contribution in [0.2, 0.25) is 0 Å². The monoisotopic (exact) mass is 352 g/mol. The van der Waals surface area contributed by atoms with Gasteiger partial charge in [0.15, 0.2) is 0 Å². The van der Waals surface area contributed by atoms with Crippen LogP contribution in [0.15, 0.2) is 54.0 Å². The van der Waals surface area contributed by atoms with Crippen molar-refractivity contribution < 1.29 is 4.74 Å². The van der Waals surface area contributed by atoms with Crippen LogP contribution in [0.25, 0.3) is 0 Å². The largest absolute Gasteiger partial charge is 0.487 e. The Hall–Kier alpha value is -2.17. The molecular weight excluding hydrogens is 328 g/mol. The molecule has 25 heavy (non-hydrogen) atoms. The van der Waals surface area contributed by atoms with Crippen LogP contribution in [-0.2, 0) is 13.2 Å². The second kappa shape index (κ2) is 8.28. The highest BCUT2D eigenvalue weighted by Gasteiger charge is 2.09. The Morgan fingerprint density at radius 3 is 2.56 bits per heavy atom. The van der Waals surface area contributed by atoms with E-state index in [1.165, 1.54) is 10.4 Å². The zero-order valence-electron chi connectivity index (χ0n) is 15.0. The summed E-state index contributed by atoms with van der Waals surface area (Å²) in [6.07, 6.45) is 1.79. The zero-order chi connectivity index (χ0) is 17.6. The summed E-state index contributed by atoms with van der Waals surface area (Å²) >= 11 is 1.79. The van der Waals surface area contributed by atoms with Gasteiger partial charge in [0, 0.05) is 23.7 Å². The third kappa shape index (κ3) is 4.68. The van der Waals surface area contributed by atoms with Crippen LogP contribution in [0.3, 0.4) is 0 Å². The Morgan fingerprint density at radius 2 is 1.92 bits per heavy atom.